The lowest BCUT2D eigenvalue weighted by molar-refractivity contribution is -0.116. The molecule has 21 heavy (non-hydrogen) atoms. The maximum Gasteiger partial charge on any atom is 0.418 e. The standard InChI is InChI=1S/C9H15N5O6S/c10-3-7(15)12-8(11)6-2-1-5-4-13(6)9(16)14(5)20-21(17,18)19/h5-6H,1-4,10H2,(H2,11,12,15)(H,17,18,19)/t5-,6+/m1/s1. The van der Waals surface area contributed by atoms with Crippen molar-refractivity contribution in [3.8, 4) is 0 Å². The van der Waals surface area contributed by atoms with Crippen LogP contribution in [0.2, 0.25) is 0 Å². The van der Waals surface area contributed by atoms with E-state index in [0.29, 0.717) is 17.9 Å². The van der Waals surface area contributed by atoms with Crippen LogP contribution in [0.3, 0.4) is 0 Å². The minimum atomic E-state index is -4.79. The first-order chi connectivity index (χ1) is 9.73. The van der Waals surface area contributed by atoms with Crippen LogP contribution in [0.5, 0.6) is 0 Å². The zero-order valence-corrected chi connectivity index (χ0v) is 11.7. The van der Waals surface area contributed by atoms with Crippen LogP contribution in [-0.2, 0) is 19.5 Å². The number of nitrogens with two attached hydrogens (primary N) is 2. The molecule has 12 heteroatoms. The summed E-state index contributed by atoms with van der Waals surface area (Å²) in [5.74, 6) is -0.682. The van der Waals surface area contributed by atoms with Crippen molar-refractivity contribution >= 4 is 28.2 Å². The summed E-state index contributed by atoms with van der Waals surface area (Å²) in [6.07, 6.45) is 0.768. The third kappa shape index (κ3) is 3.29. The van der Waals surface area contributed by atoms with E-state index in [1.165, 1.54) is 4.90 Å². The van der Waals surface area contributed by atoms with Gasteiger partial charge in [-0.25, -0.2) is 4.79 Å². The molecule has 118 valence electrons. The van der Waals surface area contributed by atoms with Gasteiger partial charge in [0.1, 0.15) is 5.84 Å². The number of piperidine rings is 1. The molecule has 2 fully saturated rings. The van der Waals surface area contributed by atoms with Gasteiger partial charge >= 0.3 is 16.4 Å². The van der Waals surface area contributed by atoms with Crippen molar-refractivity contribution in [2.75, 3.05) is 13.1 Å². The zero-order valence-electron chi connectivity index (χ0n) is 10.9. The summed E-state index contributed by atoms with van der Waals surface area (Å²) in [5, 5.41) is 0.591. The largest absolute Gasteiger partial charge is 0.418 e. The molecule has 2 aliphatic heterocycles. The van der Waals surface area contributed by atoms with E-state index in [1.807, 2.05) is 0 Å². The van der Waals surface area contributed by atoms with Gasteiger partial charge in [0.05, 0.1) is 18.6 Å². The van der Waals surface area contributed by atoms with E-state index in [2.05, 4.69) is 9.28 Å². The van der Waals surface area contributed by atoms with E-state index in [0.717, 1.165) is 0 Å². The summed E-state index contributed by atoms with van der Waals surface area (Å²) >= 11 is 0. The first-order valence-electron chi connectivity index (χ1n) is 6.06. The van der Waals surface area contributed by atoms with Gasteiger partial charge in [-0.2, -0.15) is 18.5 Å². The number of aliphatic imine (C=N–C) groups is 1. The third-order valence-electron chi connectivity index (χ3n) is 3.27. The normalized spacial score (nSPS) is 26.4. The molecule has 3 amide bonds. The molecule has 2 atom stereocenters. The second kappa shape index (κ2) is 5.55. The minimum absolute atomic E-state index is 0.0639. The lowest BCUT2D eigenvalue weighted by Crippen LogP contribution is -2.48. The van der Waals surface area contributed by atoms with Crippen molar-refractivity contribution in [1.82, 2.24) is 9.96 Å². The summed E-state index contributed by atoms with van der Waals surface area (Å²) in [6.45, 7) is -0.145. The molecular formula is C9H15N5O6S. The first-order valence-corrected chi connectivity index (χ1v) is 7.43. The fourth-order valence-corrected chi connectivity index (χ4v) is 2.79. The Kier molecular flexibility index (Phi) is 4.13. The molecule has 2 rings (SSSR count). The number of fused-ring (bicyclic) bond motifs is 2. The second-order valence-corrected chi connectivity index (χ2v) is 5.65. The Labute approximate surface area is 120 Å². The van der Waals surface area contributed by atoms with Crippen molar-refractivity contribution in [2.45, 2.75) is 24.9 Å². The number of hydroxylamine groups is 2. The highest BCUT2D eigenvalue weighted by molar-refractivity contribution is 7.80. The fourth-order valence-electron chi connectivity index (χ4n) is 2.40. The monoisotopic (exact) mass is 321 g/mol. The Morgan fingerprint density at radius 1 is 1.48 bits per heavy atom. The van der Waals surface area contributed by atoms with E-state index in [4.69, 9.17) is 16.0 Å². The molecule has 2 bridgehead atoms. The lowest BCUT2D eigenvalue weighted by Gasteiger charge is -2.29. The number of carbonyl (C=O) groups is 2. The molecule has 0 aliphatic carbocycles. The van der Waals surface area contributed by atoms with Crippen molar-refractivity contribution in [3.05, 3.63) is 0 Å². The average molecular weight is 321 g/mol. The fraction of sp³-hybridized carbons (Fsp3) is 0.667. The molecule has 0 aromatic carbocycles. The Balaban J connectivity index is 2.17. The van der Waals surface area contributed by atoms with Gasteiger partial charge in [-0.1, -0.05) is 0 Å². The average Bonchev–Trinajstić information content (AvgIpc) is 2.62. The molecule has 0 saturated carbocycles. The summed E-state index contributed by atoms with van der Waals surface area (Å²) in [4.78, 5) is 28.0. The van der Waals surface area contributed by atoms with E-state index < -0.39 is 34.4 Å². The summed E-state index contributed by atoms with van der Waals surface area (Å²) in [7, 11) is -4.79. The summed E-state index contributed by atoms with van der Waals surface area (Å²) < 4.78 is 34.4. The molecule has 11 nitrogen and oxygen atoms in total. The molecule has 2 saturated heterocycles. The Hall–Kier alpha value is -1.76. The molecular weight excluding hydrogens is 306 g/mol. The maximum absolute atomic E-state index is 12.1. The van der Waals surface area contributed by atoms with Crippen LogP contribution in [0.1, 0.15) is 12.8 Å². The topological polar surface area (TPSA) is 169 Å². The van der Waals surface area contributed by atoms with Gasteiger partial charge in [0.2, 0.25) is 0 Å². The van der Waals surface area contributed by atoms with E-state index >= 15 is 0 Å². The number of amidine groups is 1. The van der Waals surface area contributed by atoms with Gasteiger partial charge in [0, 0.05) is 6.54 Å². The maximum atomic E-state index is 12.1. The minimum Gasteiger partial charge on any atom is -0.385 e. The third-order valence-corrected chi connectivity index (χ3v) is 3.62. The van der Waals surface area contributed by atoms with Gasteiger partial charge in [0.15, 0.2) is 0 Å². The number of rotatable bonds is 4. The Morgan fingerprint density at radius 2 is 2.14 bits per heavy atom. The molecule has 0 aromatic rings. The zero-order chi connectivity index (χ0) is 15.8. The van der Waals surface area contributed by atoms with Crippen LogP contribution in [0.25, 0.3) is 0 Å². The SMILES string of the molecule is NCC(=O)N=C(N)[C@@H]1CC[C@@H]2CN1C(=O)N2OS(=O)(=O)O. The van der Waals surface area contributed by atoms with Gasteiger partial charge in [-0.3, -0.25) is 9.35 Å². The highest BCUT2D eigenvalue weighted by Crippen LogP contribution is 2.30. The lowest BCUT2D eigenvalue weighted by atomic mass is 10.0. The number of nitrogens with zero attached hydrogens (tertiary/aromatic N) is 3. The molecule has 0 unspecified atom stereocenters. The van der Waals surface area contributed by atoms with Crippen LogP contribution < -0.4 is 11.5 Å². The van der Waals surface area contributed by atoms with Crippen molar-refractivity contribution < 1.29 is 26.8 Å². The Morgan fingerprint density at radius 3 is 2.71 bits per heavy atom. The molecule has 0 spiro atoms. The van der Waals surface area contributed by atoms with Gasteiger partial charge in [-0.15, -0.1) is 4.28 Å². The van der Waals surface area contributed by atoms with Crippen LogP contribution in [0.4, 0.5) is 4.79 Å². The van der Waals surface area contributed by atoms with E-state index in [9.17, 15) is 18.0 Å². The van der Waals surface area contributed by atoms with Gasteiger partial charge < -0.3 is 16.4 Å². The number of urea groups is 1. The predicted molar refractivity (Wildman–Crippen MR) is 69.1 cm³/mol. The van der Waals surface area contributed by atoms with Gasteiger partial charge in [-0.05, 0) is 12.8 Å². The van der Waals surface area contributed by atoms with E-state index in [-0.39, 0.29) is 18.9 Å². The van der Waals surface area contributed by atoms with Gasteiger partial charge in [0.25, 0.3) is 5.91 Å². The second-order valence-electron chi connectivity index (χ2n) is 4.64. The van der Waals surface area contributed by atoms with E-state index in [1.54, 1.807) is 0 Å². The first kappa shape index (κ1) is 15.6. The van der Waals surface area contributed by atoms with Crippen molar-refractivity contribution in [3.63, 3.8) is 0 Å². The molecule has 0 aromatic heterocycles. The predicted octanol–water partition coefficient (Wildman–Crippen LogP) is -2.17. The molecule has 5 N–H and O–H groups in total. The number of amides is 3. The van der Waals surface area contributed by atoms with Crippen molar-refractivity contribution in [2.24, 2.45) is 16.5 Å². The van der Waals surface area contributed by atoms with Crippen molar-refractivity contribution in [1.29, 1.82) is 0 Å². The highest BCUT2D eigenvalue weighted by atomic mass is 32.3. The van der Waals surface area contributed by atoms with Crippen LogP contribution >= 0.6 is 0 Å². The quantitative estimate of drug-likeness (QED) is 0.298. The smallest absolute Gasteiger partial charge is 0.385 e. The summed E-state index contributed by atoms with van der Waals surface area (Å²) in [5.41, 5.74) is 10.8. The summed E-state index contributed by atoms with van der Waals surface area (Å²) in [6, 6.07) is -1.92. The number of hydrogen-bond acceptors (Lipinski definition) is 6. The van der Waals surface area contributed by atoms with Crippen LogP contribution in [0, 0.1) is 0 Å². The molecule has 2 heterocycles. The number of carbonyl (C=O) groups excluding carboxylic acids is 2. The molecule has 2 aliphatic rings. The highest BCUT2D eigenvalue weighted by Gasteiger charge is 2.48. The van der Waals surface area contributed by atoms with Crippen LogP contribution in [0.15, 0.2) is 4.99 Å². The van der Waals surface area contributed by atoms with Crippen LogP contribution in [-0.4, -0.2) is 65.9 Å². The molecule has 0 radical (unpaired) electrons. The number of hydrogen-bond donors (Lipinski definition) is 3. The Bertz CT molecular complexity index is 589.